The Balaban J connectivity index is 3.30. The fraction of sp³-hybridized carbons (Fsp3) is 0.286. The van der Waals surface area contributed by atoms with E-state index in [1.165, 1.54) is 0 Å². The van der Waals surface area contributed by atoms with Crippen LogP contribution in [0.3, 0.4) is 0 Å². The van der Waals surface area contributed by atoms with Crippen LogP contribution in [0, 0.1) is 6.92 Å². The number of nitrogens with one attached hydrogen (secondary N) is 1. The Morgan fingerprint density at radius 1 is 1.54 bits per heavy atom. The van der Waals surface area contributed by atoms with E-state index >= 15 is 0 Å². The molecule has 1 amide bonds. The summed E-state index contributed by atoms with van der Waals surface area (Å²) in [4.78, 5) is 18.3. The third-order valence-corrected chi connectivity index (χ3v) is 1.91. The summed E-state index contributed by atoms with van der Waals surface area (Å²) in [5.74, 6) is -0.271. The number of carbonyl (C=O) groups excluding carboxylic acids is 1. The molecule has 0 aliphatic carbocycles. The van der Waals surface area contributed by atoms with Gasteiger partial charge in [0.1, 0.15) is 11.0 Å². The van der Waals surface area contributed by atoms with Crippen LogP contribution in [-0.4, -0.2) is 22.9 Å². The Bertz CT molecular complexity index is 353. The van der Waals surface area contributed by atoms with Crippen LogP contribution in [0.1, 0.15) is 16.2 Å². The second-order valence-electron chi connectivity index (χ2n) is 2.43. The van der Waals surface area contributed by atoms with Gasteiger partial charge in [0.2, 0.25) is 5.82 Å². The molecule has 0 radical (unpaired) electrons. The Labute approximate surface area is 80.3 Å². The maximum atomic E-state index is 10.7. The zero-order chi connectivity index (χ0) is 10.0. The monoisotopic (exact) mass is 200 g/mol. The first-order valence-corrected chi connectivity index (χ1v) is 3.95. The minimum Gasteiger partial charge on any atom is -0.373 e. The summed E-state index contributed by atoms with van der Waals surface area (Å²) in [5, 5.41) is 3.02. The second kappa shape index (κ2) is 3.57. The van der Waals surface area contributed by atoms with E-state index in [1.54, 1.807) is 14.0 Å². The standard InChI is InChI=1S/C7H9ClN4O/c1-3-4(8)11-7(5(9)13)12-6(3)10-2/h1-2H3,(H2,9,13)(H,10,11,12). The van der Waals surface area contributed by atoms with Crippen molar-refractivity contribution in [2.45, 2.75) is 6.92 Å². The predicted molar refractivity (Wildman–Crippen MR) is 49.8 cm³/mol. The summed E-state index contributed by atoms with van der Waals surface area (Å²) in [6.07, 6.45) is 0. The molecule has 0 atom stereocenters. The average Bonchev–Trinajstić information content (AvgIpc) is 2.09. The largest absolute Gasteiger partial charge is 0.373 e. The molecule has 1 rings (SSSR count). The molecule has 0 fully saturated rings. The summed E-state index contributed by atoms with van der Waals surface area (Å²) < 4.78 is 0. The highest BCUT2D eigenvalue weighted by Gasteiger charge is 2.11. The van der Waals surface area contributed by atoms with Crippen molar-refractivity contribution in [1.29, 1.82) is 0 Å². The Kier molecular flexibility index (Phi) is 2.67. The third-order valence-electron chi connectivity index (χ3n) is 1.54. The number of halogens is 1. The van der Waals surface area contributed by atoms with E-state index in [2.05, 4.69) is 15.3 Å². The fourth-order valence-corrected chi connectivity index (χ4v) is 1.01. The second-order valence-corrected chi connectivity index (χ2v) is 2.78. The summed E-state index contributed by atoms with van der Waals surface area (Å²) in [5.41, 5.74) is 5.69. The number of nitrogens with two attached hydrogens (primary N) is 1. The molecule has 5 nitrogen and oxygen atoms in total. The molecule has 0 aromatic carbocycles. The van der Waals surface area contributed by atoms with Gasteiger partial charge in [-0.25, -0.2) is 9.97 Å². The van der Waals surface area contributed by atoms with Crippen molar-refractivity contribution >= 4 is 23.3 Å². The Hall–Kier alpha value is -1.36. The van der Waals surface area contributed by atoms with Crippen molar-refractivity contribution in [2.75, 3.05) is 12.4 Å². The molecule has 3 N–H and O–H groups in total. The van der Waals surface area contributed by atoms with Gasteiger partial charge in [-0.15, -0.1) is 0 Å². The topological polar surface area (TPSA) is 80.9 Å². The van der Waals surface area contributed by atoms with Gasteiger partial charge in [0.25, 0.3) is 5.91 Å². The van der Waals surface area contributed by atoms with Gasteiger partial charge in [-0.1, -0.05) is 11.6 Å². The third kappa shape index (κ3) is 1.86. The molecule has 0 bridgehead atoms. The number of amides is 1. The van der Waals surface area contributed by atoms with Crippen LogP contribution in [0.2, 0.25) is 5.15 Å². The van der Waals surface area contributed by atoms with E-state index < -0.39 is 5.91 Å². The number of hydrogen-bond donors (Lipinski definition) is 2. The lowest BCUT2D eigenvalue weighted by molar-refractivity contribution is 0.0990. The number of rotatable bonds is 2. The zero-order valence-electron chi connectivity index (χ0n) is 7.26. The van der Waals surface area contributed by atoms with Crippen molar-refractivity contribution in [3.8, 4) is 0 Å². The van der Waals surface area contributed by atoms with Crippen LogP contribution in [0.4, 0.5) is 5.82 Å². The van der Waals surface area contributed by atoms with Gasteiger partial charge in [-0.2, -0.15) is 0 Å². The van der Waals surface area contributed by atoms with Gasteiger partial charge in [0, 0.05) is 12.6 Å². The zero-order valence-corrected chi connectivity index (χ0v) is 8.01. The van der Waals surface area contributed by atoms with Crippen molar-refractivity contribution in [3.63, 3.8) is 0 Å². The number of anilines is 1. The molecule has 0 aliphatic heterocycles. The lowest BCUT2D eigenvalue weighted by atomic mass is 10.3. The number of carbonyl (C=O) groups is 1. The van der Waals surface area contributed by atoms with Gasteiger partial charge >= 0.3 is 0 Å². The summed E-state index contributed by atoms with van der Waals surface area (Å²) >= 11 is 5.74. The van der Waals surface area contributed by atoms with Crippen molar-refractivity contribution in [1.82, 2.24) is 9.97 Å². The molecule has 1 aromatic heterocycles. The molecule has 1 heterocycles. The van der Waals surface area contributed by atoms with Crippen LogP contribution >= 0.6 is 11.6 Å². The highest BCUT2D eigenvalue weighted by molar-refractivity contribution is 6.30. The number of nitrogens with zero attached hydrogens (tertiary/aromatic N) is 2. The van der Waals surface area contributed by atoms with E-state index in [9.17, 15) is 4.79 Å². The lowest BCUT2D eigenvalue weighted by Crippen LogP contribution is -2.17. The molecule has 70 valence electrons. The maximum absolute atomic E-state index is 10.7. The van der Waals surface area contributed by atoms with Gasteiger partial charge in [-0.3, -0.25) is 4.79 Å². The van der Waals surface area contributed by atoms with Crippen LogP contribution < -0.4 is 11.1 Å². The molecule has 0 spiro atoms. The van der Waals surface area contributed by atoms with Gasteiger partial charge in [0.15, 0.2) is 0 Å². The molecule has 0 aliphatic rings. The predicted octanol–water partition coefficient (Wildman–Crippen LogP) is 0.579. The van der Waals surface area contributed by atoms with Gasteiger partial charge in [-0.05, 0) is 6.92 Å². The summed E-state index contributed by atoms with van der Waals surface area (Å²) in [6.45, 7) is 1.75. The lowest BCUT2D eigenvalue weighted by Gasteiger charge is -2.05. The van der Waals surface area contributed by atoms with E-state index in [4.69, 9.17) is 17.3 Å². The Morgan fingerprint density at radius 2 is 2.15 bits per heavy atom. The van der Waals surface area contributed by atoms with E-state index in [0.717, 1.165) is 0 Å². The number of hydrogen-bond acceptors (Lipinski definition) is 4. The number of primary amides is 1. The molecule has 6 heteroatoms. The molecule has 13 heavy (non-hydrogen) atoms. The molecular formula is C7H9ClN4O. The minimum atomic E-state index is -0.696. The number of aromatic nitrogens is 2. The highest BCUT2D eigenvalue weighted by atomic mass is 35.5. The fourth-order valence-electron chi connectivity index (χ4n) is 0.843. The van der Waals surface area contributed by atoms with Crippen LogP contribution in [0.15, 0.2) is 0 Å². The van der Waals surface area contributed by atoms with Crippen molar-refractivity contribution in [3.05, 3.63) is 16.5 Å². The first-order valence-electron chi connectivity index (χ1n) is 3.58. The molecule has 1 aromatic rings. The van der Waals surface area contributed by atoms with E-state index in [-0.39, 0.29) is 11.0 Å². The van der Waals surface area contributed by atoms with E-state index in [1.807, 2.05) is 0 Å². The summed E-state index contributed by atoms with van der Waals surface area (Å²) in [7, 11) is 1.68. The molecular weight excluding hydrogens is 192 g/mol. The maximum Gasteiger partial charge on any atom is 0.286 e. The molecule has 0 unspecified atom stereocenters. The molecule has 0 saturated carbocycles. The smallest absolute Gasteiger partial charge is 0.286 e. The highest BCUT2D eigenvalue weighted by Crippen LogP contribution is 2.18. The van der Waals surface area contributed by atoms with E-state index in [0.29, 0.717) is 11.4 Å². The summed E-state index contributed by atoms with van der Waals surface area (Å²) in [6, 6.07) is 0. The quantitative estimate of drug-likeness (QED) is 0.685. The van der Waals surface area contributed by atoms with Crippen LogP contribution in [0.25, 0.3) is 0 Å². The molecule has 0 saturated heterocycles. The first kappa shape index (κ1) is 9.73. The normalized spacial score (nSPS) is 9.77. The first-order chi connectivity index (χ1) is 6.06. The minimum absolute atomic E-state index is 0.0834. The SMILES string of the molecule is CNc1nc(C(N)=O)nc(Cl)c1C. The average molecular weight is 201 g/mol. The van der Waals surface area contributed by atoms with Crippen molar-refractivity contribution in [2.24, 2.45) is 5.73 Å². The van der Waals surface area contributed by atoms with Gasteiger partial charge < -0.3 is 11.1 Å². The van der Waals surface area contributed by atoms with Crippen LogP contribution in [0.5, 0.6) is 0 Å². The van der Waals surface area contributed by atoms with Crippen LogP contribution in [-0.2, 0) is 0 Å². The van der Waals surface area contributed by atoms with Crippen molar-refractivity contribution < 1.29 is 4.79 Å². The van der Waals surface area contributed by atoms with Gasteiger partial charge in [0.05, 0.1) is 0 Å². The Morgan fingerprint density at radius 3 is 2.62 bits per heavy atom.